The lowest BCUT2D eigenvalue weighted by atomic mass is 10.3. The van der Waals surface area contributed by atoms with Gasteiger partial charge in [0.1, 0.15) is 6.54 Å². The number of carbonyl (C=O) groups excluding carboxylic acids is 1. The molecule has 8 heteroatoms. The first-order valence-corrected chi connectivity index (χ1v) is 6.52. The van der Waals surface area contributed by atoms with Crippen molar-refractivity contribution in [3.63, 3.8) is 0 Å². The van der Waals surface area contributed by atoms with E-state index in [9.17, 15) is 18.0 Å². The first kappa shape index (κ1) is 13.3. The van der Waals surface area contributed by atoms with E-state index in [1.807, 2.05) is 0 Å². The predicted octanol–water partition coefficient (Wildman–Crippen LogP) is 1.83. The molecule has 0 spiro atoms. The van der Waals surface area contributed by atoms with Crippen molar-refractivity contribution in [1.82, 2.24) is 14.7 Å². The molecular weight excluding hydrogens is 275 g/mol. The molecule has 3 rings (SSSR count). The fourth-order valence-electron chi connectivity index (χ4n) is 2.26. The van der Waals surface area contributed by atoms with Crippen molar-refractivity contribution < 1.29 is 22.7 Å². The number of amides is 1. The zero-order valence-corrected chi connectivity index (χ0v) is 10.7. The van der Waals surface area contributed by atoms with Crippen molar-refractivity contribution in [3.05, 3.63) is 11.8 Å². The second-order valence-corrected chi connectivity index (χ2v) is 5.07. The van der Waals surface area contributed by atoms with E-state index in [1.165, 1.54) is 10.7 Å². The van der Waals surface area contributed by atoms with Gasteiger partial charge < -0.3 is 9.64 Å². The van der Waals surface area contributed by atoms with Crippen molar-refractivity contribution in [3.8, 4) is 5.88 Å². The van der Waals surface area contributed by atoms with Crippen LogP contribution in [0.4, 0.5) is 13.2 Å². The van der Waals surface area contributed by atoms with Crippen LogP contribution in [-0.2, 0) is 6.54 Å². The number of hydrogen-bond acceptors (Lipinski definition) is 3. The number of halogens is 3. The third-order valence-electron chi connectivity index (χ3n) is 3.32. The summed E-state index contributed by atoms with van der Waals surface area (Å²) in [4.78, 5) is 13.1. The Morgan fingerprint density at radius 2 is 2.25 bits per heavy atom. The monoisotopic (exact) mass is 289 g/mol. The lowest BCUT2D eigenvalue weighted by Crippen LogP contribution is -2.40. The van der Waals surface area contributed by atoms with Crippen LogP contribution < -0.4 is 4.74 Å². The summed E-state index contributed by atoms with van der Waals surface area (Å²) in [6, 6.07) is 1.11. The number of nitrogens with zero attached hydrogens (tertiary/aromatic N) is 3. The van der Waals surface area contributed by atoms with Gasteiger partial charge in [0.05, 0.1) is 6.61 Å². The van der Waals surface area contributed by atoms with Crippen LogP contribution in [0.25, 0.3) is 0 Å². The second kappa shape index (κ2) is 4.68. The molecule has 0 radical (unpaired) electrons. The standard InChI is InChI=1S/C12H14F3N3O2/c13-12(14,15)7-17(8-2-3-8)11(19)9-6-10-18(16-9)4-1-5-20-10/h6,8H,1-5,7H2. The summed E-state index contributed by atoms with van der Waals surface area (Å²) in [5, 5.41) is 4.04. The molecule has 2 aliphatic rings. The van der Waals surface area contributed by atoms with Gasteiger partial charge in [0, 0.05) is 25.1 Å². The molecule has 1 aliphatic heterocycles. The van der Waals surface area contributed by atoms with Crippen molar-refractivity contribution in [1.29, 1.82) is 0 Å². The zero-order valence-electron chi connectivity index (χ0n) is 10.7. The van der Waals surface area contributed by atoms with Gasteiger partial charge >= 0.3 is 6.18 Å². The molecule has 1 aromatic rings. The van der Waals surface area contributed by atoms with Crippen molar-refractivity contribution in [2.24, 2.45) is 0 Å². The minimum absolute atomic E-state index is 0.0260. The Morgan fingerprint density at radius 1 is 1.50 bits per heavy atom. The largest absolute Gasteiger partial charge is 0.478 e. The Morgan fingerprint density at radius 3 is 2.85 bits per heavy atom. The Balaban J connectivity index is 1.80. The molecule has 5 nitrogen and oxygen atoms in total. The number of aryl methyl sites for hydroxylation is 1. The summed E-state index contributed by atoms with van der Waals surface area (Å²) in [5.74, 6) is -0.224. The van der Waals surface area contributed by atoms with Crippen LogP contribution in [0.15, 0.2) is 6.07 Å². The van der Waals surface area contributed by atoms with E-state index in [1.54, 1.807) is 0 Å². The number of ether oxygens (including phenoxy) is 1. The predicted molar refractivity (Wildman–Crippen MR) is 62.5 cm³/mol. The third-order valence-corrected chi connectivity index (χ3v) is 3.32. The van der Waals surface area contributed by atoms with Crippen molar-refractivity contribution >= 4 is 5.91 Å². The van der Waals surface area contributed by atoms with Crippen LogP contribution in [0.5, 0.6) is 5.88 Å². The van der Waals surface area contributed by atoms with Gasteiger partial charge in [-0.15, -0.1) is 0 Å². The molecular formula is C12H14F3N3O2. The highest BCUT2D eigenvalue weighted by Crippen LogP contribution is 2.32. The lowest BCUT2D eigenvalue weighted by Gasteiger charge is -2.22. The maximum absolute atomic E-state index is 12.6. The average molecular weight is 289 g/mol. The van der Waals surface area contributed by atoms with Crippen LogP contribution in [0.1, 0.15) is 29.8 Å². The molecule has 20 heavy (non-hydrogen) atoms. The maximum Gasteiger partial charge on any atom is 0.406 e. The normalized spacial score (nSPS) is 18.4. The fraction of sp³-hybridized carbons (Fsp3) is 0.667. The summed E-state index contributed by atoms with van der Waals surface area (Å²) in [5.41, 5.74) is 0.0260. The summed E-state index contributed by atoms with van der Waals surface area (Å²) < 4.78 is 44.5. The van der Waals surface area contributed by atoms with Crippen LogP contribution in [0, 0.1) is 0 Å². The molecule has 1 fully saturated rings. The van der Waals surface area contributed by atoms with Crippen LogP contribution in [-0.4, -0.2) is 46.0 Å². The Kier molecular flexibility index (Phi) is 3.10. The van der Waals surface area contributed by atoms with E-state index in [-0.39, 0.29) is 11.7 Å². The van der Waals surface area contributed by atoms with Gasteiger partial charge in [0.2, 0.25) is 5.88 Å². The smallest absolute Gasteiger partial charge is 0.406 e. The molecule has 0 N–H and O–H groups in total. The van der Waals surface area contributed by atoms with E-state index in [4.69, 9.17) is 4.74 Å². The summed E-state index contributed by atoms with van der Waals surface area (Å²) >= 11 is 0. The Bertz CT molecular complexity index is 499. The van der Waals surface area contributed by atoms with Gasteiger partial charge in [0.25, 0.3) is 5.91 Å². The van der Waals surface area contributed by atoms with Crippen LogP contribution in [0.2, 0.25) is 0 Å². The number of fused-ring (bicyclic) bond motifs is 1. The van der Waals surface area contributed by atoms with Crippen molar-refractivity contribution in [2.75, 3.05) is 13.2 Å². The van der Waals surface area contributed by atoms with Gasteiger partial charge in [-0.25, -0.2) is 4.68 Å². The van der Waals surface area contributed by atoms with Gasteiger partial charge in [-0.3, -0.25) is 4.79 Å². The maximum atomic E-state index is 12.6. The zero-order chi connectivity index (χ0) is 14.3. The van der Waals surface area contributed by atoms with E-state index in [2.05, 4.69) is 5.10 Å². The quantitative estimate of drug-likeness (QED) is 0.853. The molecule has 0 saturated heterocycles. The molecule has 2 heterocycles. The van der Waals surface area contributed by atoms with Gasteiger partial charge in [-0.2, -0.15) is 18.3 Å². The molecule has 1 amide bonds. The first-order chi connectivity index (χ1) is 9.44. The Hall–Kier alpha value is -1.73. The molecule has 0 atom stereocenters. The number of alkyl halides is 3. The number of rotatable bonds is 3. The average Bonchev–Trinajstić information content (AvgIpc) is 3.12. The molecule has 1 aliphatic carbocycles. The van der Waals surface area contributed by atoms with Gasteiger partial charge in [-0.05, 0) is 12.8 Å². The van der Waals surface area contributed by atoms with Gasteiger partial charge in [0.15, 0.2) is 5.69 Å². The molecule has 110 valence electrons. The Labute approximate surface area is 113 Å². The van der Waals surface area contributed by atoms with Crippen LogP contribution >= 0.6 is 0 Å². The second-order valence-electron chi connectivity index (χ2n) is 5.07. The highest BCUT2D eigenvalue weighted by molar-refractivity contribution is 5.93. The van der Waals surface area contributed by atoms with Crippen LogP contribution in [0.3, 0.4) is 0 Å². The SMILES string of the molecule is O=C(c1cc2n(n1)CCCO2)N(CC(F)(F)F)C1CC1. The molecule has 1 aromatic heterocycles. The number of carbonyl (C=O) groups is 1. The van der Waals surface area contributed by atoms with E-state index in [0.717, 1.165) is 11.3 Å². The molecule has 0 bridgehead atoms. The summed E-state index contributed by atoms with van der Waals surface area (Å²) in [6.45, 7) is -0.0704. The summed E-state index contributed by atoms with van der Waals surface area (Å²) in [7, 11) is 0. The highest BCUT2D eigenvalue weighted by Gasteiger charge is 2.41. The third kappa shape index (κ3) is 2.73. The lowest BCUT2D eigenvalue weighted by molar-refractivity contribution is -0.141. The minimum Gasteiger partial charge on any atom is -0.478 e. The van der Waals surface area contributed by atoms with E-state index >= 15 is 0 Å². The topological polar surface area (TPSA) is 47.4 Å². The van der Waals surface area contributed by atoms with E-state index in [0.29, 0.717) is 31.9 Å². The highest BCUT2D eigenvalue weighted by atomic mass is 19.4. The minimum atomic E-state index is -4.39. The number of aromatic nitrogens is 2. The molecule has 0 unspecified atom stereocenters. The fourth-order valence-corrected chi connectivity index (χ4v) is 2.26. The van der Waals surface area contributed by atoms with Crippen molar-refractivity contribution in [2.45, 2.75) is 38.0 Å². The molecule has 0 aromatic carbocycles. The molecule has 1 saturated carbocycles. The van der Waals surface area contributed by atoms with Gasteiger partial charge in [-0.1, -0.05) is 0 Å². The first-order valence-electron chi connectivity index (χ1n) is 6.52. The number of hydrogen-bond donors (Lipinski definition) is 0. The van der Waals surface area contributed by atoms with E-state index < -0.39 is 18.6 Å². The summed E-state index contributed by atoms with van der Waals surface area (Å²) in [6.07, 6.45) is -2.39.